The lowest BCUT2D eigenvalue weighted by atomic mass is 10.4. The zero-order valence-electron chi connectivity index (χ0n) is 9.28. The van der Waals surface area contributed by atoms with Crippen LogP contribution < -0.4 is 5.32 Å². The highest BCUT2D eigenvalue weighted by molar-refractivity contribution is 5.66. The fourth-order valence-corrected chi connectivity index (χ4v) is 1.62. The largest absolute Gasteiger partial charge is 0.361 e. The van der Waals surface area contributed by atoms with Crippen LogP contribution in [0.1, 0.15) is 5.82 Å². The normalized spacial score (nSPS) is 10.9. The minimum Gasteiger partial charge on any atom is -0.361 e. The average molecular weight is 229 g/mol. The van der Waals surface area contributed by atoms with Crippen molar-refractivity contribution < 1.29 is 0 Å². The quantitative estimate of drug-likeness (QED) is 0.706. The SMILES string of the molecule is Cn1cnnc1CNc1nccn2nccc12. The van der Waals surface area contributed by atoms with E-state index >= 15 is 0 Å². The van der Waals surface area contributed by atoms with Crippen molar-refractivity contribution in [3.63, 3.8) is 0 Å². The number of hydrogen-bond acceptors (Lipinski definition) is 5. The van der Waals surface area contributed by atoms with Crippen LogP contribution >= 0.6 is 0 Å². The first-order valence-electron chi connectivity index (χ1n) is 5.20. The van der Waals surface area contributed by atoms with Gasteiger partial charge in [0.15, 0.2) is 11.6 Å². The number of rotatable bonds is 3. The van der Waals surface area contributed by atoms with Crippen LogP contribution in [0.4, 0.5) is 5.82 Å². The number of nitrogens with one attached hydrogen (secondary N) is 1. The standard InChI is InChI=1S/C10H11N7/c1-16-7-13-15-9(16)6-12-10-8-2-3-14-17(8)5-4-11-10/h2-5,7H,6H2,1H3,(H,11,12). The monoisotopic (exact) mass is 229 g/mol. The molecule has 0 unspecified atom stereocenters. The van der Waals surface area contributed by atoms with Gasteiger partial charge in [0.25, 0.3) is 0 Å². The van der Waals surface area contributed by atoms with Gasteiger partial charge in [-0.25, -0.2) is 9.50 Å². The molecule has 0 radical (unpaired) electrons. The van der Waals surface area contributed by atoms with Gasteiger partial charge in [0.2, 0.25) is 0 Å². The number of aryl methyl sites for hydroxylation is 1. The van der Waals surface area contributed by atoms with Crippen LogP contribution in [-0.4, -0.2) is 29.4 Å². The van der Waals surface area contributed by atoms with E-state index in [1.54, 1.807) is 23.2 Å². The van der Waals surface area contributed by atoms with Gasteiger partial charge in [-0.15, -0.1) is 10.2 Å². The molecule has 3 aromatic heterocycles. The number of nitrogens with zero attached hydrogens (tertiary/aromatic N) is 6. The molecule has 1 N–H and O–H groups in total. The molecule has 3 heterocycles. The third-order valence-electron chi connectivity index (χ3n) is 2.54. The van der Waals surface area contributed by atoms with E-state index in [4.69, 9.17) is 0 Å². The molecule has 0 aromatic carbocycles. The van der Waals surface area contributed by atoms with Gasteiger partial charge in [-0.2, -0.15) is 5.10 Å². The maximum absolute atomic E-state index is 4.28. The summed E-state index contributed by atoms with van der Waals surface area (Å²) in [5.74, 6) is 1.64. The van der Waals surface area contributed by atoms with Gasteiger partial charge in [-0.05, 0) is 6.07 Å². The topological polar surface area (TPSA) is 72.9 Å². The van der Waals surface area contributed by atoms with Crippen LogP contribution in [0.15, 0.2) is 31.0 Å². The summed E-state index contributed by atoms with van der Waals surface area (Å²) < 4.78 is 3.63. The smallest absolute Gasteiger partial charge is 0.152 e. The summed E-state index contributed by atoms with van der Waals surface area (Å²) in [5, 5.41) is 15.2. The van der Waals surface area contributed by atoms with E-state index in [2.05, 4.69) is 25.6 Å². The Balaban J connectivity index is 1.86. The molecule has 86 valence electrons. The number of anilines is 1. The summed E-state index contributed by atoms with van der Waals surface area (Å²) in [4.78, 5) is 4.28. The van der Waals surface area contributed by atoms with Gasteiger partial charge in [0, 0.05) is 19.4 Å². The predicted molar refractivity (Wildman–Crippen MR) is 61.3 cm³/mol. The molecular formula is C10H11N7. The molecule has 0 aliphatic rings. The van der Waals surface area contributed by atoms with Gasteiger partial charge in [0.1, 0.15) is 11.8 Å². The zero-order chi connectivity index (χ0) is 11.7. The third kappa shape index (κ3) is 1.71. The molecule has 0 aliphatic heterocycles. The molecule has 0 spiro atoms. The van der Waals surface area contributed by atoms with Crippen LogP contribution in [0.5, 0.6) is 0 Å². The maximum Gasteiger partial charge on any atom is 0.152 e. The lowest BCUT2D eigenvalue weighted by Crippen LogP contribution is -2.07. The summed E-state index contributed by atoms with van der Waals surface area (Å²) in [6.07, 6.45) is 6.93. The van der Waals surface area contributed by atoms with Crippen molar-refractivity contribution >= 4 is 11.3 Å². The molecule has 0 saturated carbocycles. The molecular weight excluding hydrogens is 218 g/mol. The number of fused-ring (bicyclic) bond motifs is 1. The first-order chi connectivity index (χ1) is 8.34. The van der Waals surface area contributed by atoms with Crippen molar-refractivity contribution in [2.75, 3.05) is 5.32 Å². The Hall–Kier alpha value is -2.44. The van der Waals surface area contributed by atoms with Crippen molar-refractivity contribution in [3.05, 3.63) is 36.8 Å². The van der Waals surface area contributed by atoms with Gasteiger partial charge in [-0.1, -0.05) is 0 Å². The molecule has 0 aliphatic carbocycles. The van der Waals surface area contributed by atoms with E-state index in [9.17, 15) is 0 Å². The molecule has 0 saturated heterocycles. The average Bonchev–Trinajstić information content (AvgIpc) is 2.95. The second-order valence-corrected chi connectivity index (χ2v) is 3.65. The van der Waals surface area contributed by atoms with Crippen molar-refractivity contribution in [1.29, 1.82) is 0 Å². The predicted octanol–water partition coefficient (Wildman–Crippen LogP) is 0.470. The van der Waals surface area contributed by atoms with E-state index in [1.807, 2.05) is 23.9 Å². The Labute approximate surface area is 97.1 Å². The third-order valence-corrected chi connectivity index (χ3v) is 2.54. The summed E-state index contributed by atoms with van der Waals surface area (Å²) in [5.41, 5.74) is 0.940. The molecule has 3 aromatic rings. The second kappa shape index (κ2) is 3.85. The zero-order valence-corrected chi connectivity index (χ0v) is 9.28. The summed E-state index contributed by atoms with van der Waals surface area (Å²) in [6, 6.07) is 1.91. The first kappa shape index (κ1) is 9.76. The molecule has 7 heteroatoms. The Morgan fingerprint density at radius 3 is 3.12 bits per heavy atom. The fraction of sp³-hybridized carbons (Fsp3) is 0.200. The molecule has 0 atom stereocenters. The van der Waals surface area contributed by atoms with Gasteiger partial charge < -0.3 is 9.88 Å². The highest BCUT2D eigenvalue weighted by Crippen LogP contribution is 2.12. The number of aromatic nitrogens is 6. The lowest BCUT2D eigenvalue weighted by molar-refractivity contribution is 0.809. The van der Waals surface area contributed by atoms with Crippen LogP contribution in [-0.2, 0) is 13.6 Å². The Morgan fingerprint density at radius 1 is 1.35 bits per heavy atom. The highest BCUT2D eigenvalue weighted by Gasteiger charge is 2.04. The van der Waals surface area contributed by atoms with Gasteiger partial charge in [-0.3, -0.25) is 0 Å². The van der Waals surface area contributed by atoms with Crippen molar-refractivity contribution in [3.8, 4) is 0 Å². The molecule has 3 rings (SSSR count). The maximum atomic E-state index is 4.28. The Kier molecular flexibility index (Phi) is 2.21. The Bertz CT molecular complexity index is 639. The molecule has 0 amide bonds. The summed E-state index contributed by atoms with van der Waals surface area (Å²) in [7, 11) is 1.91. The van der Waals surface area contributed by atoms with Gasteiger partial charge in [0.05, 0.1) is 12.7 Å². The van der Waals surface area contributed by atoms with Gasteiger partial charge >= 0.3 is 0 Å². The fourth-order valence-electron chi connectivity index (χ4n) is 1.62. The van der Waals surface area contributed by atoms with E-state index < -0.39 is 0 Å². The second-order valence-electron chi connectivity index (χ2n) is 3.65. The van der Waals surface area contributed by atoms with Crippen LogP contribution in [0.25, 0.3) is 5.52 Å². The van der Waals surface area contributed by atoms with Crippen LogP contribution in [0.3, 0.4) is 0 Å². The lowest BCUT2D eigenvalue weighted by Gasteiger charge is -2.05. The summed E-state index contributed by atoms with van der Waals surface area (Å²) in [6.45, 7) is 0.578. The minimum absolute atomic E-state index is 0.578. The molecule has 17 heavy (non-hydrogen) atoms. The van der Waals surface area contributed by atoms with E-state index in [1.165, 1.54) is 0 Å². The minimum atomic E-state index is 0.578. The van der Waals surface area contributed by atoms with Crippen molar-refractivity contribution in [2.24, 2.45) is 7.05 Å². The van der Waals surface area contributed by atoms with Crippen LogP contribution in [0.2, 0.25) is 0 Å². The van der Waals surface area contributed by atoms with E-state index in [-0.39, 0.29) is 0 Å². The Morgan fingerprint density at radius 2 is 2.29 bits per heavy atom. The molecule has 0 bridgehead atoms. The van der Waals surface area contributed by atoms with Crippen LogP contribution in [0, 0.1) is 0 Å². The summed E-state index contributed by atoms with van der Waals surface area (Å²) >= 11 is 0. The van der Waals surface area contributed by atoms with Crippen molar-refractivity contribution in [1.82, 2.24) is 29.4 Å². The van der Waals surface area contributed by atoms with Crippen molar-refractivity contribution in [2.45, 2.75) is 6.54 Å². The first-order valence-corrected chi connectivity index (χ1v) is 5.20. The van der Waals surface area contributed by atoms with E-state index in [0.29, 0.717) is 6.54 Å². The highest BCUT2D eigenvalue weighted by atomic mass is 15.3. The number of hydrogen-bond donors (Lipinski definition) is 1. The molecule has 7 nitrogen and oxygen atoms in total. The van der Waals surface area contributed by atoms with E-state index in [0.717, 1.165) is 17.2 Å². The molecule has 0 fully saturated rings.